The standard InChI is InChI=1S/C24H26N2O3/c1-16(17-11-13-19(14-12-17)18-7-3-2-4-8-18)25-22(27)15-26-23(28)20-9-5-6-10-21(20)24(26)29/h2-4,7-8,11-14,16,20-21H,5-6,9-10,15H2,1H3,(H,25,27)/t16-,20-,21+/m0/s1. The van der Waals surface area contributed by atoms with Crippen LogP contribution in [0.3, 0.4) is 0 Å². The van der Waals surface area contributed by atoms with Gasteiger partial charge in [-0.1, -0.05) is 67.4 Å². The first-order valence-corrected chi connectivity index (χ1v) is 10.3. The molecule has 0 spiro atoms. The predicted molar refractivity (Wildman–Crippen MR) is 111 cm³/mol. The summed E-state index contributed by atoms with van der Waals surface area (Å²) in [5.74, 6) is -1.08. The van der Waals surface area contributed by atoms with Crippen LogP contribution in [0.25, 0.3) is 11.1 Å². The highest BCUT2D eigenvalue weighted by atomic mass is 16.2. The molecule has 0 unspecified atom stereocenters. The SMILES string of the molecule is C[C@H](NC(=O)CN1C(=O)[C@H]2CCCC[C@H]2C1=O)c1ccc(-c2ccccc2)cc1. The fourth-order valence-electron chi connectivity index (χ4n) is 4.50. The van der Waals surface area contributed by atoms with Gasteiger partial charge in [0.15, 0.2) is 0 Å². The van der Waals surface area contributed by atoms with Crippen molar-refractivity contribution < 1.29 is 14.4 Å². The van der Waals surface area contributed by atoms with E-state index in [9.17, 15) is 14.4 Å². The summed E-state index contributed by atoms with van der Waals surface area (Å²) in [6.45, 7) is 1.72. The van der Waals surface area contributed by atoms with Crippen molar-refractivity contribution in [2.45, 2.75) is 38.6 Å². The Morgan fingerprint density at radius 1 is 0.931 bits per heavy atom. The maximum absolute atomic E-state index is 12.5. The second-order valence-electron chi connectivity index (χ2n) is 8.04. The lowest BCUT2D eigenvalue weighted by atomic mass is 9.81. The van der Waals surface area contributed by atoms with Crippen molar-refractivity contribution in [2.24, 2.45) is 11.8 Å². The Kier molecular flexibility index (Phi) is 5.47. The van der Waals surface area contributed by atoms with E-state index in [1.54, 1.807) is 0 Å². The molecule has 3 amide bonds. The molecule has 1 heterocycles. The van der Waals surface area contributed by atoms with Gasteiger partial charge in [-0.15, -0.1) is 0 Å². The van der Waals surface area contributed by atoms with Crippen molar-refractivity contribution in [3.63, 3.8) is 0 Å². The lowest BCUT2D eigenvalue weighted by Crippen LogP contribution is -2.41. The number of hydrogen-bond donors (Lipinski definition) is 1. The van der Waals surface area contributed by atoms with Crippen LogP contribution in [-0.2, 0) is 14.4 Å². The number of carbonyl (C=O) groups excluding carboxylic acids is 3. The van der Waals surface area contributed by atoms with E-state index in [-0.39, 0.29) is 42.1 Å². The lowest BCUT2D eigenvalue weighted by Gasteiger charge is -2.19. The van der Waals surface area contributed by atoms with Crippen LogP contribution < -0.4 is 5.32 Å². The number of likely N-dealkylation sites (tertiary alicyclic amines) is 1. The summed E-state index contributed by atoms with van der Waals surface area (Å²) < 4.78 is 0. The molecule has 4 rings (SSSR count). The highest BCUT2D eigenvalue weighted by molar-refractivity contribution is 6.07. The number of benzene rings is 2. The molecular weight excluding hydrogens is 364 g/mol. The van der Waals surface area contributed by atoms with Crippen LogP contribution in [0.4, 0.5) is 0 Å². The quantitative estimate of drug-likeness (QED) is 0.792. The number of nitrogens with zero attached hydrogens (tertiary/aromatic N) is 1. The highest BCUT2D eigenvalue weighted by Crippen LogP contribution is 2.37. The topological polar surface area (TPSA) is 66.5 Å². The van der Waals surface area contributed by atoms with Crippen LogP contribution in [0.1, 0.15) is 44.2 Å². The zero-order valence-corrected chi connectivity index (χ0v) is 16.6. The Bertz CT molecular complexity index is 883. The fourth-order valence-corrected chi connectivity index (χ4v) is 4.50. The van der Waals surface area contributed by atoms with E-state index in [4.69, 9.17) is 0 Å². The minimum atomic E-state index is -0.301. The van der Waals surface area contributed by atoms with Crippen molar-refractivity contribution in [1.82, 2.24) is 10.2 Å². The van der Waals surface area contributed by atoms with Gasteiger partial charge in [-0.05, 0) is 36.5 Å². The summed E-state index contributed by atoms with van der Waals surface area (Å²) in [7, 11) is 0. The summed E-state index contributed by atoms with van der Waals surface area (Å²) in [5.41, 5.74) is 3.23. The first-order valence-electron chi connectivity index (χ1n) is 10.3. The van der Waals surface area contributed by atoms with E-state index in [2.05, 4.69) is 17.4 Å². The molecule has 1 N–H and O–H groups in total. The molecule has 29 heavy (non-hydrogen) atoms. The summed E-state index contributed by atoms with van der Waals surface area (Å²) in [6, 6.07) is 18.0. The van der Waals surface area contributed by atoms with Gasteiger partial charge >= 0.3 is 0 Å². The monoisotopic (exact) mass is 390 g/mol. The molecule has 2 fully saturated rings. The summed E-state index contributed by atoms with van der Waals surface area (Å²) in [6.07, 6.45) is 3.49. The first-order chi connectivity index (χ1) is 14.0. The number of carbonyl (C=O) groups is 3. The van der Waals surface area contributed by atoms with Gasteiger partial charge in [-0.25, -0.2) is 0 Å². The van der Waals surface area contributed by atoms with Gasteiger partial charge in [0, 0.05) is 0 Å². The van der Waals surface area contributed by atoms with E-state index in [0.29, 0.717) is 0 Å². The van der Waals surface area contributed by atoms with Crippen molar-refractivity contribution in [3.05, 3.63) is 60.2 Å². The van der Waals surface area contributed by atoms with E-state index in [1.807, 2.05) is 49.4 Å². The molecule has 0 radical (unpaired) electrons. The lowest BCUT2D eigenvalue weighted by molar-refractivity contribution is -0.143. The zero-order chi connectivity index (χ0) is 20.4. The zero-order valence-electron chi connectivity index (χ0n) is 16.6. The van der Waals surface area contributed by atoms with E-state index in [0.717, 1.165) is 42.4 Å². The Hall–Kier alpha value is -2.95. The Labute approximate surface area is 171 Å². The maximum atomic E-state index is 12.5. The summed E-state index contributed by atoms with van der Waals surface area (Å²) >= 11 is 0. The van der Waals surface area contributed by atoms with Gasteiger partial charge in [-0.2, -0.15) is 0 Å². The van der Waals surface area contributed by atoms with Gasteiger partial charge in [-0.3, -0.25) is 19.3 Å². The molecule has 150 valence electrons. The van der Waals surface area contributed by atoms with Crippen molar-refractivity contribution >= 4 is 17.7 Å². The predicted octanol–water partition coefficient (Wildman–Crippen LogP) is 3.71. The third kappa shape index (κ3) is 3.95. The number of imide groups is 1. The van der Waals surface area contributed by atoms with E-state index < -0.39 is 0 Å². The number of hydrogen-bond acceptors (Lipinski definition) is 3. The number of rotatable bonds is 5. The minimum absolute atomic E-state index is 0.172. The second-order valence-corrected chi connectivity index (χ2v) is 8.04. The summed E-state index contributed by atoms with van der Waals surface area (Å²) in [4.78, 5) is 38.8. The van der Waals surface area contributed by atoms with E-state index in [1.165, 1.54) is 4.90 Å². The molecule has 2 aromatic rings. The van der Waals surface area contributed by atoms with Gasteiger partial charge in [0.1, 0.15) is 6.54 Å². The number of amides is 3. The van der Waals surface area contributed by atoms with Crippen LogP contribution in [0, 0.1) is 11.8 Å². The molecule has 0 aromatic heterocycles. The molecule has 2 aliphatic rings. The van der Waals surface area contributed by atoms with Gasteiger partial charge in [0.2, 0.25) is 17.7 Å². The van der Waals surface area contributed by atoms with Crippen molar-refractivity contribution in [2.75, 3.05) is 6.54 Å². The van der Waals surface area contributed by atoms with Crippen LogP contribution >= 0.6 is 0 Å². The fraction of sp³-hybridized carbons (Fsp3) is 0.375. The molecule has 3 atom stereocenters. The van der Waals surface area contributed by atoms with Crippen molar-refractivity contribution in [1.29, 1.82) is 0 Å². The number of nitrogens with one attached hydrogen (secondary N) is 1. The van der Waals surface area contributed by atoms with Gasteiger partial charge in [0.05, 0.1) is 17.9 Å². The molecule has 1 aliphatic heterocycles. The molecule has 5 heteroatoms. The third-order valence-corrected chi connectivity index (χ3v) is 6.13. The largest absolute Gasteiger partial charge is 0.348 e. The Balaban J connectivity index is 1.37. The minimum Gasteiger partial charge on any atom is -0.348 e. The summed E-state index contributed by atoms with van der Waals surface area (Å²) in [5, 5.41) is 2.92. The first kappa shape index (κ1) is 19.4. The molecule has 1 saturated carbocycles. The normalized spacial score (nSPS) is 22.3. The smallest absolute Gasteiger partial charge is 0.240 e. The van der Waals surface area contributed by atoms with Crippen LogP contribution in [-0.4, -0.2) is 29.2 Å². The average Bonchev–Trinajstić information content (AvgIpc) is 2.99. The third-order valence-electron chi connectivity index (χ3n) is 6.13. The maximum Gasteiger partial charge on any atom is 0.240 e. The molecule has 2 aromatic carbocycles. The molecular formula is C24H26N2O3. The average molecular weight is 390 g/mol. The Morgan fingerprint density at radius 3 is 2.07 bits per heavy atom. The van der Waals surface area contributed by atoms with Gasteiger partial charge < -0.3 is 5.32 Å². The molecule has 1 aliphatic carbocycles. The van der Waals surface area contributed by atoms with Crippen LogP contribution in [0.2, 0.25) is 0 Å². The van der Waals surface area contributed by atoms with Crippen molar-refractivity contribution in [3.8, 4) is 11.1 Å². The molecule has 5 nitrogen and oxygen atoms in total. The second kappa shape index (κ2) is 8.19. The highest BCUT2D eigenvalue weighted by Gasteiger charge is 2.48. The van der Waals surface area contributed by atoms with E-state index >= 15 is 0 Å². The van der Waals surface area contributed by atoms with Crippen LogP contribution in [0.5, 0.6) is 0 Å². The molecule has 1 saturated heterocycles. The Morgan fingerprint density at radius 2 is 1.48 bits per heavy atom. The van der Waals surface area contributed by atoms with Gasteiger partial charge in [0.25, 0.3) is 0 Å². The number of fused-ring (bicyclic) bond motifs is 1. The van der Waals surface area contributed by atoms with Crippen LogP contribution in [0.15, 0.2) is 54.6 Å². The molecule has 0 bridgehead atoms.